The molecule has 0 radical (unpaired) electrons. The van der Waals surface area contributed by atoms with Crippen LogP contribution in [0.3, 0.4) is 0 Å². The summed E-state index contributed by atoms with van der Waals surface area (Å²) in [6.07, 6.45) is 3.71. The number of aryl methyl sites for hydroxylation is 1. The summed E-state index contributed by atoms with van der Waals surface area (Å²) < 4.78 is 0.980. The molecule has 0 fully saturated rings. The fourth-order valence-electron chi connectivity index (χ4n) is 1.97. The summed E-state index contributed by atoms with van der Waals surface area (Å²) in [5.74, 6) is 0. The number of rotatable bonds is 3. The lowest BCUT2D eigenvalue weighted by molar-refractivity contribution is 0.688. The molecule has 1 unspecified atom stereocenters. The van der Waals surface area contributed by atoms with E-state index in [1.165, 1.54) is 0 Å². The van der Waals surface area contributed by atoms with Crippen LogP contribution in [0.5, 0.6) is 0 Å². The number of benzene rings is 1. The highest BCUT2D eigenvalue weighted by molar-refractivity contribution is 9.10. The molecule has 0 amide bonds. The molecule has 1 aromatic heterocycles. The van der Waals surface area contributed by atoms with Crippen LogP contribution in [0, 0.1) is 6.92 Å². The average Bonchev–Trinajstić information content (AvgIpc) is 2.33. The molecule has 0 aliphatic carbocycles. The van der Waals surface area contributed by atoms with E-state index in [-0.39, 0.29) is 6.04 Å². The molecule has 2 rings (SSSR count). The van der Waals surface area contributed by atoms with Crippen LogP contribution in [0.15, 0.2) is 41.1 Å². The number of nitrogens with one attached hydrogen (secondary N) is 1. The third-order valence-corrected chi connectivity index (χ3v) is 3.61. The Morgan fingerprint density at radius 2 is 2.06 bits per heavy atom. The number of hydrogen-bond acceptors (Lipinski definition) is 2. The van der Waals surface area contributed by atoms with Gasteiger partial charge in [0.1, 0.15) is 0 Å². The molecule has 18 heavy (non-hydrogen) atoms. The third kappa shape index (κ3) is 2.91. The topological polar surface area (TPSA) is 24.9 Å². The summed E-state index contributed by atoms with van der Waals surface area (Å²) in [5, 5.41) is 4.02. The first-order valence-electron chi connectivity index (χ1n) is 5.65. The van der Waals surface area contributed by atoms with Gasteiger partial charge in [0.2, 0.25) is 0 Å². The van der Waals surface area contributed by atoms with Gasteiger partial charge in [-0.25, -0.2) is 0 Å². The van der Waals surface area contributed by atoms with Crippen molar-refractivity contribution in [2.45, 2.75) is 13.0 Å². The lowest BCUT2D eigenvalue weighted by Gasteiger charge is -2.18. The van der Waals surface area contributed by atoms with Crippen molar-refractivity contribution in [2.75, 3.05) is 7.05 Å². The van der Waals surface area contributed by atoms with Crippen LogP contribution in [0.2, 0.25) is 5.02 Å². The summed E-state index contributed by atoms with van der Waals surface area (Å²) in [7, 11) is 1.92. The molecule has 0 saturated carbocycles. The molecule has 1 N–H and O–H groups in total. The summed E-state index contributed by atoms with van der Waals surface area (Å²) in [6, 6.07) is 8.10. The lowest BCUT2D eigenvalue weighted by atomic mass is 9.99. The lowest BCUT2D eigenvalue weighted by Crippen LogP contribution is -2.18. The van der Waals surface area contributed by atoms with Gasteiger partial charge in [-0.1, -0.05) is 39.7 Å². The minimum Gasteiger partial charge on any atom is -0.309 e. The van der Waals surface area contributed by atoms with E-state index in [1.807, 2.05) is 44.6 Å². The molecule has 0 spiro atoms. The van der Waals surface area contributed by atoms with E-state index in [4.69, 9.17) is 11.6 Å². The first-order chi connectivity index (χ1) is 8.61. The molecule has 1 aromatic carbocycles. The Labute approximate surface area is 121 Å². The van der Waals surface area contributed by atoms with Gasteiger partial charge in [0.05, 0.1) is 6.04 Å². The summed E-state index contributed by atoms with van der Waals surface area (Å²) in [6.45, 7) is 2.03. The van der Waals surface area contributed by atoms with E-state index in [0.717, 1.165) is 26.2 Å². The van der Waals surface area contributed by atoms with Crippen molar-refractivity contribution in [2.24, 2.45) is 0 Å². The Kier molecular flexibility index (Phi) is 4.38. The molecule has 2 aromatic rings. The predicted molar refractivity (Wildman–Crippen MR) is 79.0 cm³/mol. The minimum absolute atomic E-state index is 0.0537. The van der Waals surface area contributed by atoms with Crippen LogP contribution in [0.25, 0.3) is 0 Å². The molecule has 1 heterocycles. The summed E-state index contributed by atoms with van der Waals surface area (Å²) >= 11 is 9.72. The second-order valence-corrected chi connectivity index (χ2v) is 5.51. The second-order valence-electron chi connectivity index (χ2n) is 4.18. The van der Waals surface area contributed by atoms with Gasteiger partial charge in [-0.2, -0.15) is 0 Å². The van der Waals surface area contributed by atoms with E-state index in [9.17, 15) is 0 Å². The van der Waals surface area contributed by atoms with Crippen LogP contribution < -0.4 is 5.32 Å². The van der Waals surface area contributed by atoms with Crippen LogP contribution in [0.1, 0.15) is 22.7 Å². The zero-order valence-corrected chi connectivity index (χ0v) is 12.6. The van der Waals surface area contributed by atoms with Gasteiger partial charge in [0, 0.05) is 21.9 Å². The fraction of sp³-hybridized carbons (Fsp3) is 0.214. The Bertz CT molecular complexity index is 557. The van der Waals surface area contributed by atoms with E-state index < -0.39 is 0 Å². The van der Waals surface area contributed by atoms with Crippen LogP contribution in [-0.2, 0) is 0 Å². The van der Waals surface area contributed by atoms with Gasteiger partial charge in [0.25, 0.3) is 0 Å². The van der Waals surface area contributed by atoms with Crippen molar-refractivity contribution in [1.29, 1.82) is 0 Å². The van der Waals surface area contributed by atoms with Crippen LogP contribution in [0.4, 0.5) is 0 Å². The predicted octanol–water partition coefficient (Wildman–Crippen LogP) is 4.11. The molecule has 0 aliphatic heterocycles. The van der Waals surface area contributed by atoms with Gasteiger partial charge < -0.3 is 5.32 Å². The highest BCUT2D eigenvalue weighted by atomic mass is 79.9. The van der Waals surface area contributed by atoms with E-state index in [2.05, 4.69) is 32.3 Å². The Morgan fingerprint density at radius 1 is 1.28 bits per heavy atom. The van der Waals surface area contributed by atoms with Crippen molar-refractivity contribution < 1.29 is 0 Å². The molecular formula is C14H14BrClN2. The summed E-state index contributed by atoms with van der Waals surface area (Å²) in [4.78, 5) is 4.23. The maximum atomic E-state index is 6.30. The number of aromatic nitrogens is 1. The maximum Gasteiger partial charge on any atom is 0.0604 e. The molecule has 4 heteroatoms. The van der Waals surface area contributed by atoms with Crippen LogP contribution in [-0.4, -0.2) is 12.0 Å². The number of halogens is 2. The van der Waals surface area contributed by atoms with Crippen molar-refractivity contribution in [3.8, 4) is 0 Å². The molecule has 0 saturated heterocycles. The van der Waals surface area contributed by atoms with E-state index in [1.54, 1.807) is 0 Å². The second kappa shape index (κ2) is 5.83. The number of nitrogens with zero attached hydrogens (tertiary/aromatic N) is 1. The van der Waals surface area contributed by atoms with Crippen LogP contribution >= 0.6 is 27.5 Å². The van der Waals surface area contributed by atoms with E-state index in [0.29, 0.717) is 0 Å². The SMILES string of the molecule is CNC(c1cncc(C)c1)c1ccc(Br)cc1Cl. The van der Waals surface area contributed by atoms with Gasteiger partial charge in [-0.3, -0.25) is 4.98 Å². The van der Waals surface area contributed by atoms with Gasteiger partial charge in [0.15, 0.2) is 0 Å². The van der Waals surface area contributed by atoms with Gasteiger partial charge in [-0.15, -0.1) is 0 Å². The maximum absolute atomic E-state index is 6.30. The molecule has 0 bridgehead atoms. The summed E-state index contributed by atoms with van der Waals surface area (Å²) in [5.41, 5.74) is 3.30. The fourth-order valence-corrected chi connectivity index (χ4v) is 2.76. The standard InChI is InChI=1S/C14H14BrClN2/c1-9-5-10(8-18-7-9)14(17-2)12-4-3-11(15)6-13(12)16/h3-8,14,17H,1-2H3. The van der Waals surface area contributed by atoms with Crippen molar-refractivity contribution in [3.05, 3.63) is 62.8 Å². The van der Waals surface area contributed by atoms with E-state index >= 15 is 0 Å². The molecular weight excluding hydrogens is 312 g/mol. The monoisotopic (exact) mass is 324 g/mol. The smallest absolute Gasteiger partial charge is 0.0604 e. The number of pyridine rings is 1. The van der Waals surface area contributed by atoms with Crippen molar-refractivity contribution in [3.63, 3.8) is 0 Å². The molecule has 94 valence electrons. The normalized spacial score (nSPS) is 12.4. The largest absolute Gasteiger partial charge is 0.309 e. The van der Waals surface area contributed by atoms with Gasteiger partial charge >= 0.3 is 0 Å². The molecule has 1 atom stereocenters. The molecule has 2 nitrogen and oxygen atoms in total. The minimum atomic E-state index is 0.0537. The Balaban J connectivity index is 2.45. The quantitative estimate of drug-likeness (QED) is 0.918. The number of hydrogen-bond donors (Lipinski definition) is 1. The first-order valence-corrected chi connectivity index (χ1v) is 6.82. The Morgan fingerprint density at radius 3 is 2.67 bits per heavy atom. The molecule has 0 aliphatic rings. The third-order valence-electron chi connectivity index (χ3n) is 2.79. The highest BCUT2D eigenvalue weighted by Gasteiger charge is 2.15. The van der Waals surface area contributed by atoms with Gasteiger partial charge in [-0.05, 0) is 42.8 Å². The highest BCUT2D eigenvalue weighted by Crippen LogP contribution is 2.30. The van der Waals surface area contributed by atoms with Crippen molar-refractivity contribution >= 4 is 27.5 Å². The zero-order chi connectivity index (χ0) is 13.1. The first kappa shape index (κ1) is 13.5. The average molecular weight is 326 g/mol. The zero-order valence-electron chi connectivity index (χ0n) is 10.2. The Hall–Kier alpha value is -0.900. The van der Waals surface area contributed by atoms with Crippen molar-refractivity contribution in [1.82, 2.24) is 10.3 Å².